The summed E-state index contributed by atoms with van der Waals surface area (Å²) >= 11 is 0. The third-order valence-electron chi connectivity index (χ3n) is 7.92. The van der Waals surface area contributed by atoms with E-state index in [1.54, 1.807) is 30.5 Å². The van der Waals surface area contributed by atoms with Crippen LogP contribution in [0.5, 0.6) is 5.88 Å². The summed E-state index contributed by atoms with van der Waals surface area (Å²) in [5.41, 5.74) is 1.16. The molecule has 3 atom stereocenters. The van der Waals surface area contributed by atoms with E-state index in [-0.39, 0.29) is 68.4 Å². The van der Waals surface area contributed by atoms with Crippen LogP contribution in [0.15, 0.2) is 55.0 Å². The van der Waals surface area contributed by atoms with Gasteiger partial charge in [-0.25, -0.2) is 14.8 Å². The van der Waals surface area contributed by atoms with Crippen LogP contribution in [0.4, 0.5) is 0 Å². The van der Waals surface area contributed by atoms with Crippen LogP contribution in [-0.2, 0) is 9.47 Å². The Morgan fingerprint density at radius 1 is 1.07 bits per heavy atom. The SMILES string of the molecule is COC[C@]1(O)CCCC[C@H]1n1cnc(C(=O)N2CCNC[C@H]2COc2ccc(C(=O)OC)cn2)c1-c1ccccc1.Cl.Cl.Cl. The first-order valence-corrected chi connectivity index (χ1v) is 14.0. The lowest BCUT2D eigenvalue weighted by molar-refractivity contribution is -0.0893. The highest BCUT2D eigenvalue weighted by molar-refractivity contribution is 5.98. The fourth-order valence-corrected chi connectivity index (χ4v) is 5.86. The number of halogens is 3. The molecular weight excluding hydrogens is 633 g/mol. The van der Waals surface area contributed by atoms with Crippen molar-refractivity contribution in [3.05, 3.63) is 66.2 Å². The maximum atomic E-state index is 14.2. The molecule has 1 saturated carbocycles. The molecule has 1 aliphatic heterocycles. The molecule has 1 saturated heterocycles. The Morgan fingerprint density at radius 2 is 1.84 bits per heavy atom. The number of benzene rings is 1. The van der Waals surface area contributed by atoms with Gasteiger partial charge in [-0.1, -0.05) is 43.2 Å². The molecule has 0 bridgehead atoms. The van der Waals surface area contributed by atoms with E-state index in [0.29, 0.717) is 48.9 Å². The van der Waals surface area contributed by atoms with Gasteiger partial charge in [-0.3, -0.25) is 4.79 Å². The minimum absolute atomic E-state index is 0. The molecule has 14 heteroatoms. The van der Waals surface area contributed by atoms with Crippen molar-refractivity contribution < 1.29 is 28.9 Å². The molecule has 11 nitrogen and oxygen atoms in total. The molecule has 1 amide bonds. The van der Waals surface area contributed by atoms with Gasteiger partial charge in [0.25, 0.3) is 5.91 Å². The molecule has 5 rings (SSSR count). The van der Waals surface area contributed by atoms with Crippen LogP contribution < -0.4 is 10.1 Å². The first-order valence-electron chi connectivity index (χ1n) is 14.0. The zero-order chi connectivity index (χ0) is 28.8. The predicted molar refractivity (Wildman–Crippen MR) is 173 cm³/mol. The van der Waals surface area contributed by atoms with Crippen LogP contribution >= 0.6 is 37.2 Å². The summed E-state index contributed by atoms with van der Waals surface area (Å²) in [4.78, 5) is 36.5. The van der Waals surface area contributed by atoms with Crippen molar-refractivity contribution >= 4 is 49.1 Å². The van der Waals surface area contributed by atoms with Crippen molar-refractivity contribution in [1.29, 1.82) is 0 Å². The summed E-state index contributed by atoms with van der Waals surface area (Å²) in [5.74, 6) is -0.322. The molecule has 2 fully saturated rings. The largest absolute Gasteiger partial charge is 0.475 e. The van der Waals surface area contributed by atoms with E-state index in [1.165, 1.54) is 13.3 Å². The third-order valence-corrected chi connectivity index (χ3v) is 7.92. The third kappa shape index (κ3) is 8.01. The maximum Gasteiger partial charge on any atom is 0.339 e. The average Bonchev–Trinajstić information content (AvgIpc) is 3.45. The average molecular weight is 673 g/mol. The Morgan fingerprint density at radius 3 is 2.52 bits per heavy atom. The smallest absolute Gasteiger partial charge is 0.339 e. The van der Waals surface area contributed by atoms with Gasteiger partial charge in [-0.05, 0) is 18.9 Å². The molecular formula is C30H40Cl3N5O6. The number of esters is 1. The van der Waals surface area contributed by atoms with Crippen molar-refractivity contribution in [1.82, 2.24) is 24.8 Å². The number of ether oxygens (including phenoxy) is 3. The van der Waals surface area contributed by atoms with E-state index in [4.69, 9.17) is 14.2 Å². The molecule has 242 valence electrons. The van der Waals surface area contributed by atoms with Crippen LogP contribution in [0.25, 0.3) is 11.3 Å². The molecule has 0 radical (unpaired) electrons. The second-order valence-corrected chi connectivity index (χ2v) is 10.6. The van der Waals surface area contributed by atoms with Crippen LogP contribution in [0.2, 0.25) is 0 Å². The lowest BCUT2D eigenvalue weighted by atomic mass is 9.80. The fourth-order valence-electron chi connectivity index (χ4n) is 5.86. The van der Waals surface area contributed by atoms with Gasteiger partial charge in [-0.2, -0.15) is 0 Å². The minimum Gasteiger partial charge on any atom is -0.475 e. The Labute approximate surface area is 275 Å². The molecule has 2 N–H and O–H groups in total. The first-order chi connectivity index (χ1) is 19.9. The summed E-state index contributed by atoms with van der Waals surface area (Å²) in [6.07, 6.45) is 6.35. The normalized spacial score (nSPS) is 21.2. The number of hydrogen-bond donors (Lipinski definition) is 2. The summed E-state index contributed by atoms with van der Waals surface area (Å²) in [5, 5.41) is 14.9. The number of amides is 1. The number of carbonyl (C=O) groups excluding carboxylic acids is 2. The number of aromatic nitrogens is 3. The van der Waals surface area contributed by atoms with Crippen molar-refractivity contribution in [2.24, 2.45) is 0 Å². The topological polar surface area (TPSA) is 128 Å². The molecule has 44 heavy (non-hydrogen) atoms. The van der Waals surface area contributed by atoms with E-state index in [2.05, 4.69) is 15.3 Å². The number of imidazole rings is 1. The van der Waals surface area contributed by atoms with Crippen molar-refractivity contribution in [2.75, 3.05) is 47.1 Å². The Hall–Kier alpha value is -2.93. The number of methoxy groups -OCH3 is 2. The summed E-state index contributed by atoms with van der Waals surface area (Å²) in [6.45, 7) is 2.09. The van der Waals surface area contributed by atoms with Crippen LogP contribution in [-0.4, -0.2) is 95.1 Å². The molecule has 2 aromatic heterocycles. The van der Waals surface area contributed by atoms with E-state index >= 15 is 0 Å². The van der Waals surface area contributed by atoms with Gasteiger partial charge in [0.15, 0.2) is 5.69 Å². The number of nitrogens with zero attached hydrogens (tertiary/aromatic N) is 4. The second-order valence-electron chi connectivity index (χ2n) is 10.6. The van der Waals surface area contributed by atoms with Crippen molar-refractivity contribution in [3.8, 4) is 17.1 Å². The van der Waals surface area contributed by atoms with Gasteiger partial charge in [0, 0.05) is 44.6 Å². The molecule has 1 aromatic carbocycles. The minimum atomic E-state index is -1.06. The number of pyridine rings is 1. The first kappa shape index (κ1) is 37.3. The van der Waals surface area contributed by atoms with Gasteiger partial charge < -0.3 is 34.1 Å². The number of piperazine rings is 1. The Kier molecular flexibility index (Phi) is 14.4. The monoisotopic (exact) mass is 671 g/mol. The summed E-state index contributed by atoms with van der Waals surface area (Å²) in [6, 6.07) is 12.4. The Balaban J connectivity index is 0.00000225. The standard InChI is InChI=1S/C30H37N5O6.3ClH/c1-39-19-30(38)13-7-6-10-24(30)35-20-33-26(27(35)21-8-4-3-5-9-21)28(36)34-15-14-31-17-23(34)18-41-25-12-11-22(16-32-25)29(37)40-2;;;/h3-5,8-9,11-12,16,20,23-24,31,38H,6-7,10,13-15,17-19H2,1-2H3;3*1H/t23-,24+,30+;;;/m0.../s1. The van der Waals surface area contributed by atoms with E-state index in [0.717, 1.165) is 24.8 Å². The summed E-state index contributed by atoms with van der Waals surface area (Å²) < 4.78 is 18.0. The zero-order valence-electron chi connectivity index (χ0n) is 24.7. The van der Waals surface area contributed by atoms with Gasteiger partial charge in [0.2, 0.25) is 5.88 Å². The van der Waals surface area contributed by atoms with Crippen LogP contribution in [0.3, 0.4) is 0 Å². The van der Waals surface area contributed by atoms with Crippen molar-refractivity contribution in [2.45, 2.75) is 43.4 Å². The van der Waals surface area contributed by atoms with E-state index in [1.807, 2.05) is 34.9 Å². The zero-order valence-corrected chi connectivity index (χ0v) is 27.2. The maximum absolute atomic E-state index is 14.2. The second kappa shape index (κ2) is 17.0. The molecule has 2 aliphatic rings. The predicted octanol–water partition coefficient (Wildman–Crippen LogP) is 3.98. The van der Waals surface area contributed by atoms with E-state index < -0.39 is 11.6 Å². The number of nitrogens with one attached hydrogen (secondary N) is 1. The van der Waals surface area contributed by atoms with Crippen molar-refractivity contribution in [3.63, 3.8) is 0 Å². The quantitative estimate of drug-likeness (QED) is 0.325. The molecule has 0 spiro atoms. The lowest BCUT2D eigenvalue weighted by Crippen LogP contribution is -2.56. The van der Waals surface area contributed by atoms with E-state index in [9.17, 15) is 14.7 Å². The molecule has 3 aromatic rings. The number of hydrogen-bond acceptors (Lipinski definition) is 9. The highest BCUT2D eigenvalue weighted by Gasteiger charge is 2.42. The van der Waals surface area contributed by atoms with Gasteiger partial charge in [-0.15, -0.1) is 37.2 Å². The highest BCUT2D eigenvalue weighted by atomic mass is 35.5. The Bertz CT molecular complexity index is 1340. The highest BCUT2D eigenvalue weighted by Crippen LogP contribution is 2.41. The van der Waals surface area contributed by atoms with Crippen LogP contribution in [0.1, 0.15) is 52.6 Å². The van der Waals surface area contributed by atoms with Gasteiger partial charge >= 0.3 is 5.97 Å². The van der Waals surface area contributed by atoms with Crippen LogP contribution in [0, 0.1) is 0 Å². The number of rotatable bonds is 9. The van der Waals surface area contributed by atoms with Gasteiger partial charge in [0.05, 0.1) is 43.4 Å². The number of carbonyl (C=O) groups is 2. The summed E-state index contributed by atoms with van der Waals surface area (Å²) in [7, 11) is 2.91. The number of aliphatic hydroxyl groups is 1. The fraction of sp³-hybridized carbons (Fsp3) is 0.467. The molecule has 0 unspecified atom stereocenters. The lowest BCUT2D eigenvalue weighted by Gasteiger charge is -2.41. The van der Waals surface area contributed by atoms with Gasteiger partial charge in [0.1, 0.15) is 12.2 Å². The molecule has 3 heterocycles. The molecule has 1 aliphatic carbocycles.